The molecule has 35 heavy (non-hydrogen) atoms. The van der Waals surface area contributed by atoms with Crippen LogP contribution >= 0.6 is 69.7 Å². The predicted molar refractivity (Wildman–Crippen MR) is 151 cm³/mol. The van der Waals surface area contributed by atoms with Crippen LogP contribution in [0.5, 0.6) is 11.5 Å². The first-order valence-corrected chi connectivity index (χ1v) is 14.1. The highest BCUT2D eigenvalue weighted by Crippen LogP contribution is 2.64. The summed E-state index contributed by atoms with van der Waals surface area (Å²) in [6.45, 7) is 0. The molecule has 0 amide bonds. The highest BCUT2D eigenvalue weighted by molar-refractivity contribution is 9.15. The standard InChI is InChI=1S/C26H16BrCl4O3P/c27-19(16-10-4-1-5-11-16)26(17-12-6-2-7-13-17)35(33,18-14-8-3-9-15-18)34-25-23(31)21(29)20(28)22(30)24(25)32/h1-15,32H/b26-19-. The maximum atomic E-state index is 15.1. The topological polar surface area (TPSA) is 46.5 Å². The number of phenols is 1. The van der Waals surface area contributed by atoms with Gasteiger partial charge in [-0.1, -0.05) is 125 Å². The molecule has 0 fully saturated rings. The van der Waals surface area contributed by atoms with Crippen molar-refractivity contribution in [2.24, 2.45) is 0 Å². The Morgan fingerprint density at radius 2 is 1.14 bits per heavy atom. The third-order valence-corrected chi connectivity index (χ3v) is 10.5. The van der Waals surface area contributed by atoms with Crippen LogP contribution in [0.4, 0.5) is 0 Å². The van der Waals surface area contributed by atoms with E-state index in [2.05, 4.69) is 15.9 Å². The summed E-state index contributed by atoms with van der Waals surface area (Å²) in [5.41, 5.74) is 1.41. The minimum Gasteiger partial charge on any atom is -0.503 e. The summed E-state index contributed by atoms with van der Waals surface area (Å²) >= 11 is 28.6. The number of rotatable bonds is 6. The molecule has 1 N–H and O–H groups in total. The highest BCUT2D eigenvalue weighted by atomic mass is 79.9. The molecule has 0 saturated heterocycles. The first-order chi connectivity index (χ1) is 16.8. The van der Waals surface area contributed by atoms with Gasteiger partial charge in [0.1, 0.15) is 10.0 Å². The largest absolute Gasteiger partial charge is 0.503 e. The van der Waals surface area contributed by atoms with Crippen LogP contribution in [0.25, 0.3) is 9.80 Å². The summed E-state index contributed by atoms with van der Waals surface area (Å²) < 4.78 is 21.8. The molecule has 4 aromatic carbocycles. The molecule has 0 spiro atoms. The molecule has 3 nitrogen and oxygen atoms in total. The molecule has 0 heterocycles. The monoisotopic (exact) mass is 626 g/mol. The van der Waals surface area contributed by atoms with Crippen molar-refractivity contribution in [2.45, 2.75) is 0 Å². The molecule has 0 radical (unpaired) electrons. The lowest BCUT2D eigenvalue weighted by Crippen LogP contribution is -2.12. The molecule has 1 atom stereocenters. The van der Waals surface area contributed by atoms with E-state index in [-0.39, 0.29) is 25.8 Å². The van der Waals surface area contributed by atoms with Gasteiger partial charge < -0.3 is 9.63 Å². The van der Waals surface area contributed by atoms with E-state index < -0.39 is 13.1 Å². The van der Waals surface area contributed by atoms with E-state index in [1.807, 2.05) is 60.7 Å². The zero-order valence-electron chi connectivity index (χ0n) is 17.8. The number of hydrogen-bond acceptors (Lipinski definition) is 3. The third-order valence-electron chi connectivity index (χ3n) is 5.09. The Kier molecular flexibility index (Phi) is 8.23. The predicted octanol–water partition coefficient (Wildman–Crippen LogP) is 9.91. The van der Waals surface area contributed by atoms with Gasteiger partial charge in [-0.25, -0.2) is 0 Å². The maximum absolute atomic E-state index is 15.1. The van der Waals surface area contributed by atoms with Gasteiger partial charge in [-0.2, -0.15) is 0 Å². The molecule has 4 rings (SSSR count). The van der Waals surface area contributed by atoms with Crippen molar-refractivity contribution in [3.05, 3.63) is 122 Å². The Morgan fingerprint density at radius 1 is 0.686 bits per heavy atom. The second-order valence-electron chi connectivity index (χ2n) is 7.31. The normalized spacial score (nSPS) is 13.6. The van der Waals surface area contributed by atoms with Crippen LogP contribution < -0.4 is 9.83 Å². The fraction of sp³-hybridized carbons (Fsp3) is 0. The van der Waals surface area contributed by atoms with Crippen molar-refractivity contribution in [1.82, 2.24) is 0 Å². The minimum absolute atomic E-state index is 0.127. The van der Waals surface area contributed by atoms with Gasteiger partial charge in [0.15, 0.2) is 11.5 Å². The SMILES string of the molecule is O=P(Oc1c(O)c(Cl)c(Cl)c(Cl)c1Cl)(/C(=C(\Br)c1ccccc1)c1ccccc1)c1ccccc1. The van der Waals surface area contributed by atoms with Crippen LogP contribution in [0.2, 0.25) is 20.1 Å². The fourth-order valence-electron chi connectivity index (χ4n) is 3.41. The lowest BCUT2D eigenvalue weighted by molar-refractivity contribution is 0.435. The quantitative estimate of drug-likeness (QED) is 0.100. The summed E-state index contributed by atoms with van der Waals surface area (Å²) in [6, 6.07) is 27.2. The second kappa shape index (κ2) is 11.0. The first-order valence-electron chi connectivity index (χ1n) is 10.2. The molecule has 9 heteroatoms. The Labute approximate surface area is 231 Å². The molecule has 178 valence electrons. The van der Waals surface area contributed by atoms with Gasteiger partial charge in [-0.15, -0.1) is 0 Å². The molecule has 0 aliphatic heterocycles. The molecular formula is C26H16BrCl4O3P. The van der Waals surface area contributed by atoms with Crippen LogP contribution in [0.3, 0.4) is 0 Å². The molecule has 0 aromatic heterocycles. The van der Waals surface area contributed by atoms with Gasteiger partial charge >= 0.3 is 7.37 Å². The molecule has 0 bridgehead atoms. The van der Waals surface area contributed by atoms with Crippen molar-refractivity contribution in [1.29, 1.82) is 0 Å². The summed E-state index contributed by atoms with van der Waals surface area (Å²) in [4.78, 5) is 0. The molecule has 0 aliphatic rings. The molecule has 0 saturated carbocycles. The summed E-state index contributed by atoms with van der Waals surface area (Å²) in [5, 5.41) is 10.8. The fourth-order valence-corrected chi connectivity index (χ4v) is 7.85. The van der Waals surface area contributed by atoms with Crippen LogP contribution in [0.1, 0.15) is 11.1 Å². The summed E-state index contributed by atoms with van der Waals surface area (Å²) in [6.07, 6.45) is 0. The van der Waals surface area contributed by atoms with Gasteiger partial charge in [0.2, 0.25) is 0 Å². The molecule has 4 aromatic rings. The van der Waals surface area contributed by atoms with Gasteiger partial charge in [0, 0.05) is 4.48 Å². The Hall–Kier alpha value is -1.91. The lowest BCUT2D eigenvalue weighted by Gasteiger charge is -2.26. The summed E-state index contributed by atoms with van der Waals surface area (Å²) in [5.74, 6) is -0.898. The number of aromatic hydroxyl groups is 1. The second-order valence-corrected chi connectivity index (χ2v) is 11.9. The van der Waals surface area contributed by atoms with Crippen molar-refractivity contribution < 1.29 is 14.2 Å². The van der Waals surface area contributed by atoms with E-state index in [1.54, 1.807) is 30.3 Å². The van der Waals surface area contributed by atoms with E-state index in [9.17, 15) is 5.11 Å². The third kappa shape index (κ3) is 5.15. The average Bonchev–Trinajstić information content (AvgIpc) is 2.90. The van der Waals surface area contributed by atoms with E-state index in [1.165, 1.54) is 0 Å². The van der Waals surface area contributed by atoms with Crippen molar-refractivity contribution in [3.8, 4) is 11.5 Å². The van der Waals surface area contributed by atoms with Crippen LogP contribution in [0.15, 0.2) is 91.0 Å². The van der Waals surface area contributed by atoms with Crippen molar-refractivity contribution in [3.63, 3.8) is 0 Å². The number of halogens is 5. The average molecular weight is 629 g/mol. The minimum atomic E-state index is -4.03. The zero-order valence-corrected chi connectivity index (χ0v) is 23.3. The van der Waals surface area contributed by atoms with Crippen LogP contribution in [0, 0.1) is 0 Å². The molecule has 0 aliphatic carbocycles. The van der Waals surface area contributed by atoms with Crippen molar-refractivity contribution in [2.75, 3.05) is 0 Å². The van der Waals surface area contributed by atoms with Gasteiger partial charge in [0.25, 0.3) is 0 Å². The van der Waals surface area contributed by atoms with Crippen LogP contribution in [-0.4, -0.2) is 5.11 Å². The first kappa shape index (κ1) is 26.2. The smallest absolute Gasteiger partial charge is 0.308 e. The zero-order chi connectivity index (χ0) is 25.2. The van der Waals surface area contributed by atoms with E-state index in [0.29, 0.717) is 20.7 Å². The lowest BCUT2D eigenvalue weighted by atomic mass is 10.1. The van der Waals surface area contributed by atoms with E-state index >= 15 is 4.57 Å². The number of phenolic OH excluding ortho intramolecular Hbond substituents is 1. The molecular weight excluding hydrogens is 613 g/mol. The van der Waals surface area contributed by atoms with Crippen LogP contribution in [-0.2, 0) is 4.57 Å². The number of hydrogen-bond donors (Lipinski definition) is 1. The Bertz CT molecular complexity index is 1420. The Morgan fingerprint density at radius 3 is 1.69 bits per heavy atom. The summed E-state index contributed by atoms with van der Waals surface area (Å²) in [7, 11) is -4.03. The Balaban J connectivity index is 2.07. The van der Waals surface area contributed by atoms with Gasteiger partial charge in [-0.05, 0) is 39.2 Å². The molecule has 1 unspecified atom stereocenters. The number of benzene rings is 4. The maximum Gasteiger partial charge on any atom is 0.308 e. The van der Waals surface area contributed by atoms with E-state index in [4.69, 9.17) is 50.9 Å². The highest BCUT2D eigenvalue weighted by Gasteiger charge is 2.38. The van der Waals surface area contributed by atoms with Gasteiger partial charge in [0.05, 0.1) is 20.7 Å². The van der Waals surface area contributed by atoms with Gasteiger partial charge in [-0.3, -0.25) is 4.57 Å². The van der Waals surface area contributed by atoms with Crippen molar-refractivity contribution >= 4 is 84.8 Å². The van der Waals surface area contributed by atoms with E-state index in [0.717, 1.165) is 5.56 Å².